The van der Waals surface area contributed by atoms with Crippen LogP contribution in [0, 0.1) is 5.41 Å². The van der Waals surface area contributed by atoms with E-state index in [2.05, 4.69) is 26.3 Å². The lowest BCUT2D eigenvalue weighted by atomic mass is 9.92. The maximum atomic E-state index is 11.7. The molecule has 1 unspecified atom stereocenters. The summed E-state index contributed by atoms with van der Waals surface area (Å²) in [7, 11) is 3.31. The van der Waals surface area contributed by atoms with Crippen LogP contribution in [0.5, 0.6) is 0 Å². The van der Waals surface area contributed by atoms with Gasteiger partial charge in [0.2, 0.25) is 11.8 Å². The minimum atomic E-state index is -0.521. The van der Waals surface area contributed by atoms with E-state index < -0.39 is 5.41 Å². The number of rotatable bonds is 4. The fraction of sp³-hybridized carbons (Fsp3) is 0.769. The van der Waals surface area contributed by atoms with Crippen LogP contribution in [-0.2, 0) is 9.59 Å². The van der Waals surface area contributed by atoms with Gasteiger partial charge < -0.3 is 21.3 Å². The molecule has 1 heterocycles. The second-order valence-electron chi connectivity index (χ2n) is 5.57. The van der Waals surface area contributed by atoms with Gasteiger partial charge in [0, 0.05) is 39.6 Å². The number of nitrogens with one attached hydrogen (secondary N) is 4. The van der Waals surface area contributed by atoms with Crippen molar-refractivity contribution in [3.8, 4) is 0 Å². The Balaban J connectivity index is 0.00000400. The van der Waals surface area contributed by atoms with Crippen molar-refractivity contribution in [2.45, 2.75) is 32.7 Å². The number of guanidine groups is 1. The van der Waals surface area contributed by atoms with E-state index >= 15 is 0 Å². The van der Waals surface area contributed by atoms with Gasteiger partial charge in [-0.2, -0.15) is 0 Å². The van der Waals surface area contributed by atoms with Gasteiger partial charge in [-0.3, -0.25) is 14.6 Å². The van der Waals surface area contributed by atoms with Gasteiger partial charge in [0.1, 0.15) is 0 Å². The molecule has 0 aliphatic carbocycles. The minimum absolute atomic E-state index is 0. The summed E-state index contributed by atoms with van der Waals surface area (Å²) in [5, 5.41) is 11.9. The van der Waals surface area contributed by atoms with Crippen molar-refractivity contribution in [2.75, 3.05) is 27.2 Å². The summed E-state index contributed by atoms with van der Waals surface area (Å²) in [6.45, 7) is 4.81. The first-order chi connectivity index (χ1) is 9.39. The standard InChI is InChI=1S/C13H25N5O2.HI/c1-13(2,11(20)14-3)8-17-12(15-4)18-9-5-6-10(19)16-7-9;/h9H,5-8H2,1-4H3,(H,14,20)(H,16,19)(H2,15,17,18);1H. The Hall–Kier alpha value is -1.06. The van der Waals surface area contributed by atoms with Crippen LogP contribution in [0.4, 0.5) is 0 Å². The van der Waals surface area contributed by atoms with Gasteiger partial charge in [0.05, 0.1) is 5.41 Å². The fourth-order valence-corrected chi connectivity index (χ4v) is 1.97. The van der Waals surface area contributed by atoms with Gasteiger partial charge in [0.15, 0.2) is 5.96 Å². The monoisotopic (exact) mass is 411 g/mol. The van der Waals surface area contributed by atoms with Gasteiger partial charge in [-0.1, -0.05) is 0 Å². The van der Waals surface area contributed by atoms with E-state index in [0.717, 1.165) is 6.42 Å². The molecule has 0 aromatic rings. The second kappa shape index (κ2) is 9.06. The maximum absolute atomic E-state index is 11.7. The Labute approximate surface area is 143 Å². The predicted octanol–water partition coefficient (Wildman–Crippen LogP) is -0.180. The lowest BCUT2D eigenvalue weighted by Crippen LogP contribution is -2.53. The Morgan fingerprint density at radius 2 is 2.14 bits per heavy atom. The molecule has 0 aromatic heterocycles. The number of halogens is 1. The molecule has 1 rings (SSSR count). The summed E-state index contributed by atoms with van der Waals surface area (Å²) in [5.41, 5.74) is -0.521. The number of amides is 2. The van der Waals surface area contributed by atoms with Crippen molar-refractivity contribution in [1.29, 1.82) is 0 Å². The van der Waals surface area contributed by atoms with E-state index in [9.17, 15) is 9.59 Å². The first kappa shape index (κ1) is 19.9. The van der Waals surface area contributed by atoms with Gasteiger partial charge in [0.25, 0.3) is 0 Å². The van der Waals surface area contributed by atoms with Gasteiger partial charge in [-0.15, -0.1) is 24.0 Å². The molecule has 0 bridgehead atoms. The first-order valence-electron chi connectivity index (χ1n) is 6.85. The molecule has 1 atom stereocenters. The molecule has 8 heteroatoms. The third-order valence-corrected chi connectivity index (χ3v) is 3.37. The van der Waals surface area contributed by atoms with Gasteiger partial charge in [-0.05, 0) is 20.3 Å². The third kappa shape index (κ3) is 6.49. The summed E-state index contributed by atoms with van der Waals surface area (Å²) in [4.78, 5) is 26.9. The molecule has 1 aliphatic rings. The van der Waals surface area contributed by atoms with E-state index in [1.165, 1.54) is 0 Å². The lowest BCUT2D eigenvalue weighted by molar-refractivity contribution is -0.128. The van der Waals surface area contributed by atoms with Crippen molar-refractivity contribution < 1.29 is 9.59 Å². The minimum Gasteiger partial charge on any atom is -0.359 e. The topological polar surface area (TPSA) is 94.6 Å². The van der Waals surface area contributed by atoms with Gasteiger partial charge in [-0.25, -0.2) is 0 Å². The van der Waals surface area contributed by atoms with Crippen LogP contribution < -0.4 is 21.3 Å². The Morgan fingerprint density at radius 3 is 2.62 bits per heavy atom. The van der Waals surface area contributed by atoms with Crippen molar-refractivity contribution in [2.24, 2.45) is 10.4 Å². The Kier molecular flexibility index (Phi) is 8.60. The average molecular weight is 411 g/mol. The molecule has 1 fully saturated rings. The highest BCUT2D eigenvalue weighted by atomic mass is 127. The van der Waals surface area contributed by atoms with Crippen LogP contribution in [0.3, 0.4) is 0 Å². The molecule has 1 aliphatic heterocycles. The molecular weight excluding hydrogens is 385 g/mol. The zero-order valence-electron chi connectivity index (χ0n) is 13.1. The van der Waals surface area contributed by atoms with Gasteiger partial charge >= 0.3 is 0 Å². The number of hydrogen-bond donors (Lipinski definition) is 4. The highest BCUT2D eigenvalue weighted by Gasteiger charge is 2.27. The highest BCUT2D eigenvalue weighted by Crippen LogP contribution is 2.13. The SMILES string of the molecule is CN=C(NCC(C)(C)C(=O)NC)NC1CCC(=O)NC1.I. The zero-order valence-corrected chi connectivity index (χ0v) is 15.4. The second-order valence-corrected chi connectivity index (χ2v) is 5.57. The Bertz CT molecular complexity index is 388. The van der Waals surface area contributed by atoms with Crippen molar-refractivity contribution in [3.05, 3.63) is 0 Å². The van der Waals surface area contributed by atoms with E-state index in [-0.39, 0.29) is 41.8 Å². The molecule has 21 heavy (non-hydrogen) atoms. The molecule has 1 saturated heterocycles. The van der Waals surface area contributed by atoms with E-state index in [0.29, 0.717) is 25.5 Å². The molecular formula is C13H26IN5O2. The quantitative estimate of drug-likeness (QED) is 0.293. The van der Waals surface area contributed by atoms with Crippen LogP contribution in [0.25, 0.3) is 0 Å². The number of hydrogen-bond acceptors (Lipinski definition) is 3. The summed E-state index contributed by atoms with van der Waals surface area (Å²) in [5.74, 6) is 0.709. The highest BCUT2D eigenvalue weighted by molar-refractivity contribution is 14.0. The average Bonchev–Trinajstić information content (AvgIpc) is 2.44. The molecule has 0 aromatic carbocycles. The molecule has 0 spiro atoms. The molecule has 0 saturated carbocycles. The maximum Gasteiger partial charge on any atom is 0.227 e. The van der Waals surface area contributed by atoms with E-state index in [4.69, 9.17) is 0 Å². The fourth-order valence-electron chi connectivity index (χ4n) is 1.97. The summed E-state index contributed by atoms with van der Waals surface area (Å²) in [6, 6.07) is 0.169. The number of aliphatic imine (C=N–C) groups is 1. The molecule has 2 amide bonds. The van der Waals surface area contributed by atoms with Crippen LogP contribution in [0.15, 0.2) is 4.99 Å². The summed E-state index contributed by atoms with van der Waals surface area (Å²) in [6.07, 6.45) is 1.31. The van der Waals surface area contributed by atoms with Crippen LogP contribution >= 0.6 is 24.0 Å². The third-order valence-electron chi connectivity index (χ3n) is 3.37. The smallest absolute Gasteiger partial charge is 0.227 e. The zero-order chi connectivity index (χ0) is 15.2. The normalized spacial score (nSPS) is 19.1. The molecule has 122 valence electrons. The summed E-state index contributed by atoms with van der Waals surface area (Å²) < 4.78 is 0. The largest absolute Gasteiger partial charge is 0.359 e. The van der Waals surface area contributed by atoms with E-state index in [1.54, 1.807) is 14.1 Å². The first-order valence-corrected chi connectivity index (χ1v) is 6.85. The molecule has 0 radical (unpaired) electrons. The predicted molar refractivity (Wildman–Crippen MR) is 93.8 cm³/mol. The van der Waals surface area contributed by atoms with Crippen LogP contribution in [0.2, 0.25) is 0 Å². The lowest BCUT2D eigenvalue weighted by Gasteiger charge is -2.28. The molecule has 7 nitrogen and oxygen atoms in total. The number of nitrogens with zero attached hydrogens (tertiary/aromatic N) is 1. The van der Waals surface area contributed by atoms with Crippen molar-refractivity contribution >= 4 is 41.8 Å². The molecule has 4 N–H and O–H groups in total. The summed E-state index contributed by atoms with van der Waals surface area (Å²) >= 11 is 0. The van der Waals surface area contributed by atoms with Crippen LogP contribution in [0.1, 0.15) is 26.7 Å². The number of piperidine rings is 1. The van der Waals surface area contributed by atoms with Crippen LogP contribution in [-0.4, -0.2) is 51.0 Å². The van der Waals surface area contributed by atoms with Crippen molar-refractivity contribution in [3.63, 3.8) is 0 Å². The van der Waals surface area contributed by atoms with E-state index in [1.807, 2.05) is 13.8 Å². The number of carbonyl (C=O) groups is 2. The Morgan fingerprint density at radius 1 is 1.48 bits per heavy atom. The van der Waals surface area contributed by atoms with Crippen molar-refractivity contribution in [1.82, 2.24) is 21.3 Å². The number of carbonyl (C=O) groups excluding carboxylic acids is 2.